The average molecular weight is 411 g/mol. The number of H-pyrrole nitrogens is 1. The fourth-order valence-corrected chi connectivity index (χ4v) is 3.96. The van der Waals surface area contributed by atoms with Gasteiger partial charge in [-0.1, -0.05) is 0 Å². The van der Waals surface area contributed by atoms with E-state index in [0.717, 1.165) is 64.2 Å². The molecule has 1 aliphatic heterocycles. The highest BCUT2D eigenvalue weighted by Gasteiger charge is 2.24. The molecule has 8 nitrogen and oxygen atoms in total. The molecule has 1 saturated carbocycles. The molecule has 3 aromatic heterocycles. The topological polar surface area (TPSA) is 108 Å². The first-order chi connectivity index (χ1) is 15.2. The Labute approximate surface area is 178 Å². The number of carbonyl (C=O) groups excluding carboxylic acids is 1. The number of aromatic amines is 1. The van der Waals surface area contributed by atoms with Crippen molar-refractivity contribution in [2.75, 3.05) is 16.0 Å². The predicted molar refractivity (Wildman–Crippen MR) is 120 cm³/mol. The van der Waals surface area contributed by atoms with Crippen LogP contribution in [0.3, 0.4) is 0 Å². The van der Waals surface area contributed by atoms with Crippen LogP contribution in [0.5, 0.6) is 0 Å². The van der Waals surface area contributed by atoms with Crippen LogP contribution in [-0.2, 0) is 11.2 Å². The van der Waals surface area contributed by atoms with Crippen LogP contribution in [0.25, 0.3) is 22.2 Å². The molecule has 0 saturated heterocycles. The highest BCUT2D eigenvalue weighted by atomic mass is 16.1. The number of aryl methyl sites for hydroxylation is 1. The van der Waals surface area contributed by atoms with E-state index in [1.807, 2.05) is 36.5 Å². The van der Waals surface area contributed by atoms with Crippen molar-refractivity contribution in [2.45, 2.75) is 31.7 Å². The number of pyridine rings is 1. The SMILES string of the molecule is O=C1CCc2cc(Nc3nc(NC4CC4)c4c(-c5ccncc5)c[nH]c4n3)ccc2N1. The second kappa shape index (κ2) is 7.09. The zero-order valence-electron chi connectivity index (χ0n) is 16.8. The molecule has 4 N–H and O–H groups in total. The van der Waals surface area contributed by atoms with E-state index in [0.29, 0.717) is 18.4 Å². The van der Waals surface area contributed by atoms with Gasteiger partial charge in [-0.2, -0.15) is 9.97 Å². The minimum absolute atomic E-state index is 0.0644. The monoisotopic (exact) mass is 411 g/mol. The number of hydrogen-bond donors (Lipinski definition) is 4. The molecule has 6 rings (SSSR count). The number of carbonyl (C=O) groups is 1. The van der Waals surface area contributed by atoms with Crippen LogP contribution in [-0.4, -0.2) is 31.9 Å². The van der Waals surface area contributed by atoms with Crippen molar-refractivity contribution in [1.82, 2.24) is 19.9 Å². The molecule has 1 fully saturated rings. The summed E-state index contributed by atoms with van der Waals surface area (Å²) in [7, 11) is 0. The molecule has 2 aliphatic rings. The molecule has 1 amide bonds. The summed E-state index contributed by atoms with van der Waals surface area (Å²) in [5, 5.41) is 10.8. The van der Waals surface area contributed by atoms with Gasteiger partial charge in [0.05, 0.1) is 5.39 Å². The first kappa shape index (κ1) is 17.9. The van der Waals surface area contributed by atoms with Gasteiger partial charge in [0.25, 0.3) is 0 Å². The van der Waals surface area contributed by atoms with Crippen molar-refractivity contribution in [1.29, 1.82) is 0 Å². The highest BCUT2D eigenvalue weighted by Crippen LogP contribution is 2.36. The van der Waals surface area contributed by atoms with Crippen LogP contribution in [0.1, 0.15) is 24.8 Å². The number of anilines is 4. The molecule has 4 heterocycles. The van der Waals surface area contributed by atoms with Gasteiger partial charge < -0.3 is 20.9 Å². The first-order valence-corrected chi connectivity index (χ1v) is 10.5. The van der Waals surface area contributed by atoms with Gasteiger partial charge in [-0.25, -0.2) is 0 Å². The van der Waals surface area contributed by atoms with E-state index in [1.54, 1.807) is 12.4 Å². The van der Waals surface area contributed by atoms with Crippen molar-refractivity contribution >= 4 is 40.1 Å². The van der Waals surface area contributed by atoms with Gasteiger partial charge in [0.15, 0.2) is 0 Å². The number of nitrogens with one attached hydrogen (secondary N) is 4. The van der Waals surface area contributed by atoms with Crippen LogP contribution < -0.4 is 16.0 Å². The van der Waals surface area contributed by atoms with Gasteiger partial charge >= 0.3 is 0 Å². The van der Waals surface area contributed by atoms with E-state index in [1.165, 1.54) is 0 Å². The van der Waals surface area contributed by atoms with E-state index in [4.69, 9.17) is 9.97 Å². The predicted octanol–water partition coefficient (Wildman–Crippen LogP) is 4.22. The third-order valence-corrected chi connectivity index (χ3v) is 5.70. The van der Waals surface area contributed by atoms with E-state index >= 15 is 0 Å². The van der Waals surface area contributed by atoms with E-state index < -0.39 is 0 Å². The maximum Gasteiger partial charge on any atom is 0.231 e. The molecular weight excluding hydrogens is 390 g/mol. The lowest BCUT2D eigenvalue weighted by molar-refractivity contribution is -0.116. The van der Waals surface area contributed by atoms with Gasteiger partial charge in [0.1, 0.15) is 11.5 Å². The summed E-state index contributed by atoms with van der Waals surface area (Å²) in [6, 6.07) is 10.3. The van der Waals surface area contributed by atoms with E-state index in [2.05, 4.69) is 25.9 Å². The lowest BCUT2D eigenvalue weighted by Gasteiger charge is -2.18. The van der Waals surface area contributed by atoms with Gasteiger partial charge in [-0.15, -0.1) is 0 Å². The molecule has 0 bridgehead atoms. The van der Waals surface area contributed by atoms with Gasteiger partial charge in [-0.05, 0) is 60.7 Å². The quantitative estimate of drug-likeness (QED) is 0.392. The Bertz CT molecular complexity index is 1290. The normalized spacial score (nSPS) is 15.4. The molecule has 0 spiro atoms. The van der Waals surface area contributed by atoms with E-state index in [9.17, 15) is 4.79 Å². The number of rotatable bonds is 5. The summed E-state index contributed by atoms with van der Waals surface area (Å²) in [5.41, 5.74) is 5.78. The molecular formula is C23H21N7O. The molecule has 154 valence electrons. The lowest BCUT2D eigenvalue weighted by atomic mass is 10.0. The molecule has 1 aliphatic carbocycles. The van der Waals surface area contributed by atoms with Crippen molar-refractivity contribution in [3.63, 3.8) is 0 Å². The fraction of sp³-hybridized carbons (Fsp3) is 0.217. The molecule has 0 atom stereocenters. The van der Waals surface area contributed by atoms with Crippen LogP contribution in [0.2, 0.25) is 0 Å². The first-order valence-electron chi connectivity index (χ1n) is 10.5. The lowest BCUT2D eigenvalue weighted by Crippen LogP contribution is -2.18. The third kappa shape index (κ3) is 3.46. The number of hydrogen-bond acceptors (Lipinski definition) is 6. The Morgan fingerprint density at radius 2 is 1.90 bits per heavy atom. The van der Waals surface area contributed by atoms with Crippen molar-refractivity contribution < 1.29 is 4.79 Å². The van der Waals surface area contributed by atoms with Crippen molar-refractivity contribution in [3.05, 3.63) is 54.5 Å². The van der Waals surface area contributed by atoms with Crippen LogP contribution >= 0.6 is 0 Å². The summed E-state index contributed by atoms with van der Waals surface area (Å²) in [5.74, 6) is 1.42. The van der Waals surface area contributed by atoms with Gasteiger partial charge in [0.2, 0.25) is 11.9 Å². The molecule has 8 heteroatoms. The Morgan fingerprint density at radius 1 is 1.03 bits per heavy atom. The smallest absolute Gasteiger partial charge is 0.231 e. The molecule has 4 aromatic rings. The summed E-state index contributed by atoms with van der Waals surface area (Å²) < 4.78 is 0. The zero-order chi connectivity index (χ0) is 20.8. The van der Waals surface area contributed by atoms with Crippen LogP contribution in [0.4, 0.5) is 23.1 Å². The number of fused-ring (bicyclic) bond motifs is 2. The van der Waals surface area contributed by atoms with Gasteiger partial charge in [-0.3, -0.25) is 9.78 Å². The standard InChI is InChI=1S/C23H21N7O/c31-19-6-1-14-11-16(4-5-18(14)28-19)27-23-29-21-20(22(30-23)26-15-2-3-15)17(12-25-21)13-7-9-24-10-8-13/h4-5,7-12,15H,1-3,6H2,(H,28,31)(H3,25,26,27,29,30). The number of nitrogens with zero attached hydrogens (tertiary/aromatic N) is 3. The average Bonchev–Trinajstić information content (AvgIpc) is 3.50. The number of amides is 1. The molecule has 1 aromatic carbocycles. The Morgan fingerprint density at radius 3 is 2.74 bits per heavy atom. The maximum absolute atomic E-state index is 11.6. The Hall–Kier alpha value is -3.94. The van der Waals surface area contributed by atoms with Crippen molar-refractivity contribution in [3.8, 4) is 11.1 Å². The van der Waals surface area contributed by atoms with Crippen LogP contribution in [0, 0.1) is 0 Å². The minimum Gasteiger partial charge on any atom is -0.367 e. The summed E-state index contributed by atoms with van der Waals surface area (Å²) in [4.78, 5) is 28.6. The summed E-state index contributed by atoms with van der Waals surface area (Å²) in [6.07, 6.45) is 9.10. The maximum atomic E-state index is 11.6. The van der Waals surface area contributed by atoms with Gasteiger partial charge in [0, 0.05) is 48.0 Å². The van der Waals surface area contributed by atoms with Crippen molar-refractivity contribution in [2.24, 2.45) is 0 Å². The third-order valence-electron chi connectivity index (χ3n) is 5.70. The van der Waals surface area contributed by atoms with E-state index in [-0.39, 0.29) is 5.91 Å². The number of benzene rings is 1. The Balaban J connectivity index is 1.38. The minimum atomic E-state index is 0.0644. The highest BCUT2D eigenvalue weighted by molar-refractivity contribution is 6.01. The Kier molecular flexibility index (Phi) is 4.09. The summed E-state index contributed by atoms with van der Waals surface area (Å²) in [6.45, 7) is 0. The number of aromatic nitrogens is 4. The second-order valence-corrected chi connectivity index (χ2v) is 8.02. The molecule has 31 heavy (non-hydrogen) atoms. The summed E-state index contributed by atoms with van der Waals surface area (Å²) >= 11 is 0. The molecule has 0 unspecified atom stereocenters. The molecule has 0 radical (unpaired) electrons. The fourth-order valence-electron chi connectivity index (χ4n) is 3.96. The van der Waals surface area contributed by atoms with Crippen LogP contribution in [0.15, 0.2) is 48.9 Å². The largest absolute Gasteiger partial charge is 0.367 e. The zero-order valence-corrected chi connectivity index (χ0v) is 16.8. The second-order valence-electron chi connectivity index (χ2n) is 8.02.